The van der Waals surface area contributed by atoms with Crippen LogP contribution in [0.2, 0.25) is 0 Å². The van der Waals surface area contributed by atoms with Crippen molar-refractivity contribution in [3.05, 3.63) is 82.8 Å². The zero-order valence-electron chi connectivity index (χ0n) is 36.1. The third kappa shape index (κ3) is 8.51. The maximum Gasteiger partial charge on any atom is 0.433 e. The number of amides is 5. The van der Waals surface area contributed by atoms with Gasteiger partial charge in [0.15, 0.2) is 0 Å². The van der Waals surface area contributed by atoms with Gasteiger partial charge in [-0.15, -0.1) is 0 Å². The number of halogens is 3. The smallest absolute Gasteiger partial charge is 0.386 e. The van der Waals surface area contributed by atoms with Crippen LogP contribution in [0.25, 0.3) is 10.9 Å². The van der Waals surface area contributed by atoms with Crippen LogP contribution in [0.5, 0.6) is 0 Å². The van der Waals surface area contributed by atoms with Crippen molar-refractivity contribution in [2.24, 2.45) is 11.3 Å². The number of piperidine rings is 1. The van der Waals surface area contributed by atoms with Gasteiger partial charge >= 0.3 is 6.18 Å². The summed E-state index contributed by atoms with van der Waals surface area (Å²) in [5.74, 6) is -2.28. The average molecular weight is 883 g/mol. The molecular weight excluding hydrogens is 830 g/mol. The summed E-state index contributed by atoms with van der Waals surface area (Å²) in [5, 5.41) is 25.1. The van der Waals surface area contributed by atoms with Crippen LogP contribution in [-0.2, 0) is 21.4 Å². The first-order chi connectivity index (χ1) is 30.3. The predicted molar refractivity (Wildman–Crippen MR) is 230 cm³/mol. The number of imide groups is 2. The first kappa shape index (κ1) is 43.6. The zero-order valence-corrected chi connectivity index (χ0v) is 36.1. The van der Waals surface area contributed by atoms with Gasteiger partial charge in [-0.3, -0.25) is 38.9 Å². The lowest BCUT2D eigenvalue weighted by molar-refractivity contribution is -0.141. The highest BCUT2D eigenvalue weighted by Gasteiger charge is 2.48. The summed E-state index contributed by atoms with van der Waals surface area (Å²) >= 11 is 0. The van der Waals surface area contributed by atoms with Gasteiger partial charge in [0, 0.05) is 53.6 Å². The third-order valence-electron chi connectivity index (χ3n) is 14.4. The number of pyridine rings is 1. The Kier molecular flexibility index (Phi) is 11.2. The summed E-state index contributed by atoms with van der Waals surface area (Å²) < 4.78 is 41.8. The van der Waals surface area contributed by atoms with E-state index in [0.29, 0.717) is 28.5 Å². The number of hydrogen-bond donors (Lipinski definition) is 4. The molecule has 64 heavy (non-hydrogen) atoms. The van der Waals surface area contributed by atoms with Crippen LogP contribution in [0.3, 0.4) is 0 Å². The summed E-state index contributed by atoms with van der Waals surface area (Å²) in [7, 11) is 2.25. The summed E-state index contributed by atoms with van der Waals surface area (Å²) in [6.07, 6.45) is 8.22. The number of rotatable bonds is 10. The molecular formula is C47H53F3N8O6. The number of fused-ring (bicyclic) bond motifs is 2. The molecule has 0 radical (unpaired) electrons. The Labute approximate surface area is 368 Å². The van der Waals surface area contributed by atoms with Gasteiger partial charge in [0.25, 0.3) is 17.7 Å². The minimum Gasteiger partial charge on any atom is -0.386 e. The van der Waals surface area contributed by atoms with Gasteiger partial charge < -0.3 is 20.6 Å². The van der Waals surface area contributed by atoms with E-state index in [1.807, 2.05) is 16.9 Å². The van der Waals surface area contributed by atoms with Crippen molar-refractivity contribution in [3.63, 3.8) is 0 Å². The number of alkyl halides is 3. The highest BCUT2D eigenvalue weighted by atomic mass is 19.4. The van der Waals surface area contributed by atoms with E-state index in [9.17, 15) is 42.3 Å². The van der Waals surface area contributed by atoms with Crippen molar-refractivity contribution in [1.82, 2.24) is 29.9 Å². The molecule has 9 rings (SSSR count). The summed E-state index contributed by atoms with van der Waals surface area (Å²) in [5.41, 5.74) is 0.0172. The Balaban J connectivity index is 0.747. The molecule has 0 bridgehead atoms. The first-order valence-electron chi connectivity index (χ1n) is 22.3. The molecule has 1 atom stereocenters. The van der Waals surface area contributed by atoms with Gasteiger partial charge in [0.1, 0.15) is 17.4 Å². The molecule has 1 unspecified atom stereocenters. The van der Waals surface area contributed by atoms with E-state index in [-0.39, 0.29) is 47.4 Å². The molecule has 2 aliphatic heterocycles. The largest absolute Gasteiger partial charge is 0.433 e. The zero-order chi connectivity index (χ0) is 45.3. The van der Waals surface area contributed by atoms with Crippen LogP contribution in [0.1, 0.15) is 139 Å². The highest BCUT2D eigenvalue weighted by Crippen LogP contribution is 2.53. The molecule has 4 N–H and O–H groups in total. The minimum absolute atomic E-state index is 0.0795. The molecule has 5 amide bonds. The third-order valence-corrected chi connectivity index (χ3v) is 14.4. The fourth-order valence-corrected chi connectivity index (χ4v) is 10.9. The minimum atomic E-state index is -4.70. The maximum atomic E-state index is 13.3. The van der Waals surface area contributed by atoms with E-state index < -0.39 is 53.0 Å². The quantitative estimate of drug-likeness (QED) is 0.119. The fourth-order valence-electron chi connectivity index (χ4n) is 10.9. The van der Waals surface area contributed by atoms with Gasteiger partial charge in [-0.2, -0.15) is 18.3 Å². The van der Waals surface area contributed by atoms with E-state index in [4.69, 9.17) is 5.10 Å². The predicted octanol–water partition coefficient (Wildman–Crippen LogP) is 7.20. The van der Waals surface area contributed by atoms with Crippen LogP contribution in [0, 0.1) is 11.3 Å². The van der Waals surface area contributed by atoms with Crippen LogP contribution in [0.15, 0.2) is 54.7 Å². The SMILES string of the molecule is CN(C[C@H]1CC[C@H](n2cc3cc(NC(=O)c4cccc(C(F)(F)F)n4)c(C(C)(C)O)cc3n2)CC1)C1CCC2(CC1)CC(Nc1ccc3c(c1)C(=O)N(C1CCC(=O)NC1=O)C3=O)C2. The number of carbonyl (C=O) groups excluding carboxylic acids is 5. The van der Waals surface area contributed by atoms with Gasteiger partial charge in [0.05, 0.1) is 28.3 Å². The Morgan fingerprint density at radius 1 is 0.938 bits per heavy atom. The molecule has 4 heterocycles. The molecule has 338 valence electrons. The van der Waals surface area contributed by atoms with Gasteiger partial charge in [-0.1, -0.05) is 6.07 Å². The lowest BCUT2D eigenvalue weighted by Gasteiger charge is -2.53. The monoisotopic (exact) mass is 882 g/mol. The Bertz CT molecular complexity index is 2530. The molecule has 1 saturated heterocycles. The molecule has 1 spiro atoms. The van der Waals surface area contributed by atoms with Gasteiger partial charge in [-0.25, -0.2) is 4.98 Å². The number of nitrogens with one attached hydrogen (secondary N) is 3. The van der Waals surface area contributed by atoms with Crippen LogP contribution < -0.4 is 16.0 Å². The number of benzene rings is 2. The van der Waals surface area contributed by atoms with Crippen molar-refractivity contribution in [3.8, 4) is 0 Å². The maximum absolute atomic E-state index is 13.3. The van der Waals surface area contributed by atoms with Crippen molar-refractivity contribution < 1.29 is 42.3 Å². The number of aromatic nitrogens is 3. The second-order valence-corrected chi connectivity index (χ2v) is 19.3. The number of hydrogen-bond acceptors (Lipinski definition) is 10. The van der Waals surface area contributed by atoms with Crippen LogP contribution >= 0.6 is 0 Å². The molecule has 5 aliphatic rings. The number of aliphatic hydroxyl groups is 1. The van der Waals surface area contributed by atoms with Crippen molar-refractivity contribution in [2.45, 2.75) is 127 Å². The van der Waals surface area contributed by atoms with Crippen molar-refractivity contribution in [2.75, 3.05) is 24.2 Å². The topological polar surface area (TPSA) is 179 Å². The Morgan fingerprint density at radius 2 is 1.66 bits per heavy atom. The average Bonchev–Trinajstić information content (AvgIpc) is 3.76. The van der Waals surface area contributed by atoms with Crippen LogP contribution in [0.4, 0.5) is 24.5 Å². The van der Waals surface area contributed by atoms with Crippen molar-refractivity contribution >= 4 is 51.8 Å². The van der Waals surface area contributed by atoms with Gasteiger partial charge in [-0.05, 0) is 145 Å². The van der Waals surface area contributed by atoms with E-state index in [1.165, 1.54) is 18.9 Å². The van der Waals surface area contributed by atoms with E-state index in [1.54, 1.807) is 38.1 Å². The second-order valence-electron chi connectivity index (χ2n) is 19.3. The van der Waals surface area contributed by atoms with E-state index >= 15 is 0 Å². The van der Waals surface area contributed by atoms with Gasteiger partial charge in [0.2, 0.25) is 11.8 Å². The highest BCUT2D eigenvalue weighted by molar-refractivity contribution is 6.23. The Morgan fingerprint density at radius 3 is 2.34 bits per heavy atom. The molecule has 4 fully saturated rings. The van der Waals surface area contributed by atoms with Crippen molar-refractivity contribution in [1.29, 1.82) is 0 Å². The summed E-state index contributed by atoms with van der Waals surface area (Å²) in [6, 6.07) is 11.8. The Hall–Kier alpha value is -5.68. The molecule has 2 aromatic carbocycles. The fraction of sp³-hybridized carbons (Fsp3) is 0.511. The molecule has 14 nitrogen and oxygen atoms in total. The number of anilines is 2. The number of nitrogens with zero attached hydrogens (tertiary/aromatic N) is 5. The lowest BCUT2D eigenvalue weighted by Crippen LogP contribution is -2.54. The standard InChI is InChI=1S/C47H53F3N8O6/c1-45(2,64)34-21-36-27(19-37(34)53-41(60)35-5-4-6-39(52-35)47(48,49)50)25-57(55-36)31-10-7-26(8-11-31)24-56(3)30-15-17-46(18-16-30)22-29(23-46)51-28-9-12-32-33(20-28)44(63)58(43(32)62)38-13-14-40(59)54-42(38)61/h4-6,9,12,19-21,25-26,29-31,38,51,64H,7-8,10-11,13-18,22-24H2,1-3H3,(H,53,60)(H,54,59,61)/t26-,29?,30?,31-,38?,46?. The van der Waals surface area contributed by atoms with E-state index in [2.05, 4.69) is 32.9 Å². The second kappa shape index (κ2) is 16.4. The molecule has 4 aromatic rings. The number of carbonyl (C=O) groups is 5. The van der Waals surface area contributed by atoms with Crippen LogP contribution in [-0.4, -0.2) is 90.9 Å². The first-order valence-corrected chi connectivity index (χ1v) is 22.3. The molecule has 3 saturated carbocycles. The normalized spacial score (nSPS) is 26.3. The summed E-state index contributed by atoms with van der Waals surface area (Å²) in [4.78, 5) is 70.6. The molecule has 17 heteroatoms. The lowest BCUT2D eigenvalue weighted by atomic mass is 9.57. The van der Waals surface area contributed by atoms with E-state index in [0.717, 1.165) is 86.0 Å². The molecule has 3 aliphatic carbocycles. The summed E-state index contributed by atoms with van der Waals surface area (Å²) in [6.45, 7) is 4.19. The molecule has 2 aromatic heterocycles.